The van der Waals surface area contributed by atoms with E-state index >= 15 is 0 Å². The second-order valence-corrected chi connectivity index (χ2v) is 3.89. The van der Waals surface area contributed by atoms with Crippen LogP contribution in [0.3, 0.4) is 0 Å². The van der Waals surface area contributed by atoms with E-state index in [1.54, 1.807) is 11.8 Å². The summed E-state index contributed by atoms with van der Waals surface area (Å²) in [6.07, 6.45) is 4.45. The Morgan fingerprint density at radius 2 is 1.92 bits per heavy atom. The van der Waals surface area contributed by atoms with Gasteiger partial charge in [-0.1, -0.05) is 5.92 Å². The third-order valence-corrected chi connectivity index (χ3v) is 2.42. The van der Waals surface area contributed by atoms with Crippen LogP contribution in [-0.2, 0) is 0 Å². The van der Waals surface area contributed by atoms with Crippen molar-refractivity contribution in [2.75, 3.05) is 19.6 Å². The molecule has 1 aliphatic rings. The van der Waals surface area contributed by atoms with E-state index in [0.29, 0.717) is 6.42 Å². The van der Waals surface area contributed by atoms with Gasteiger partial charge in [0.1, 0.15) is 6.54 Å². The molecule has 0 saturated carbocycles. The van der Waals surface area contributed by atoms with E-state index < -0.39 is 0 Å². The molecule has 2 heteroatoms. The quantitative estimate of drug-likeness (QED) is 0.569. The second kappa shape index (κ2) is 6.01. The first kappa shape index (κ1) is 10.6. The summed E-state index contributed by atoms with van der Waals surface area (Å²) in [7, 11) is 0. The molecule has 13 heavy (non-hydrogen) atoms. The maximum Gasteiger partial charge on any atom is 0.139 e. The highest BCUT2D eigenvalue weighted by atomic mass is 16.3. The molecule has 1 atom stereocenters. The maximum absolute atomic E-state index is 8.98. The Bertz CT molecular complexity index is 184. The van der Waals surface area contributed by atoms with Gasteiger partial charge in [0.2, 0.25) is 0 Å². The van der Waals surface area contributed by atoms with E-state index in [1.807, 2.05) is 0 Å². The number of hydrogen-bond donors (Lipinski definition) is 2. The Morgan fingerprint density at radius 3 is 2.54 bits per heavy atom. The highest BCUT2D eigenvalue weighted by molar-refractivity contribution is 4.99. The summed E-state index contributed by atoms with van der Waals surface area (Å²) in [5.41, 5.74) is 0. The number of nitrogens with one attached hydrogen (secondary N) is 1. The summed E-state index contributed by atoms with van der Waals surface area (Å²) < 4.78 is 0. The lowest BCUT2D eigenvalue weighted by Gasteiger charge is -2.20. The zero-order valence-corrected chi connectivity index (χ0v) is 8.47. The third kappa shape index (κ3) is 4.92. The van der Waals surface area contributed by atoms with Gasteiger partial charge >= 0.3 is 0 Å². The van der Waals surface area contributed by atoms with Gasteiger partial charge in [-0.2, -0.15) is 0 Å². The lowest BCUT2D eigenvalue weighted by Crippen LogP contribution is -3.12. The summed E-state index contributed by atoms with van der Waals surface area (Å²) >= 11 is 0. The average Bonchev–Trinajstić information content (AvgIpc) is 2.14. The van der Waals surface area contributed by atoms with E-state index in [1.165, 1.54) is 32.4 Å². The van der Waals surface area contributed by atoms with Gasteiger partial charge in [-0.15, -0.1) is 0 Å². The van der Waals surface area contributed by atoms with Crippen LogP contribution < -0.4 is 4.90 Å². The lowest BCUT2D eigenvalue weighted by atomic mass is 10.1. The van der Waals surface area contributed by atoms with E-state index in [4.69, 9.17) is 5.11 Å². The van der Waals surface area contributed by atoms with Gasteiger partial charge in [0.05, 0.1) is 19.2 Å². The smallest absolute Gasteiger partial charge is 0.139 e. The first-order chi connectivity index (χ1) is 6.29. The number of aliphatic hydroxyl groups is 1. The number of piperidine rings is 1. The third-order valence-electron chi connectivity index (χ3n) is 2.42. The van der Waals surface area contributed by atoms with Crippen molar-refractivity contribution in [3.05, 3.63) is 0 Å². The topological polar surface area (TPSA) is 24.7 Å². The number of aliphatic hydroxyl groups excluding tert-OH is 1. The fourth-order valence-corrected chi connectivity index (χ4v) is 1.64. The van der Waals surface area contributed by atoms with Gasteiger partial charge in [0.25, 0.3) is 0 Å². The highest BCUT2D eigenvalue weighted by Gasteiger charge is 2.10. The normalized spacial score (nSPS) is 20.5. The van der Waals surface area contributed by atoms with Gasteiger partial charge in [-0.05, 0) is 32.1 Å². The maximum atomic E-state index is 8.98. The Hall–Kier alpha value is -0.520. The molecule has 0 aromatic carbocycles. The molecule has 0 bridgehead atoms. The summed E-state index contributed by atoms with van der Waals surface area (Å²) in [6.45, 7) is 5.31. The minimum absolute atomic E-state index is 0.274. The molecule has 0 spiro atoms. The molecule has 0 aliphatic carbocycles. The molecule has 0 radical (unpaired) electrons. The van der Waals surface area contributed by atoms with Crippen molar-refractivity contribution in [3.8, 4) is 11.8 Å². The van der Waals surface area contributed by atoms with Crippen molar-refractivity contribution >= 4 is 0 Å². The minimum atomic E-state index is -0.274. The van der Waals surface area contributed by atoms with Crippen molar-refractivity contribution in [3.63, 3.8) is 0 Å². The van der Waals surface area contributed by atoms with Crippen molar-refractivity contribution < 1.29 is 10.0 Å². The summed E-state index contributed by atoms with van der Waals surface area (Å²) in [4.78, 5) is 1.62. The Labute approximate surface area is 80.9 Å². The van der Waals surface area contributed by atoms with E-state index in [9.17, 15) is 0 Å². The Balaban J connectivity index is 2.11. The number of hydrogen-bond acceptors (Lipinski definition) is 1. The van der Waals surface area contributed by atoms with Crippen LogP contribution in [0.5, 0.6) is 0 Å². The van der Waals surface area contributed by atoms with E-state index in [2.05, 4.69) is 11.8 Å². The standard InChI is InChI=1S/C11H19NO/c1-11(13)7-3-6-10-12-8-4-2-5-9-12/h11,13H,2,4-5,7-10H2,1H3/p+1/t11-/m1/s1. The van der Waals surface area contributed by atoms with Crippen LogP contribution in [0.2, 0.25) is 0 Å². The molecule has 1 saturated heterocycles. The lowest BCUT2D eigenvalue weighted by molar-refractivity contribution is -0.897. The molecule has 0 aromatic rings. The molecule has 1 heterocycles. The first-order valence-electron chi connectivity index (χ1n) is 5.26. The Kier molecular flexibility index (Phi) is 4.88. The Morgan fingerprint density at radius 1 is 1.23 bits per heavy atom. The van der Waals surface area contributed by atoms with Crippen LogP contribution in [0, 0.1) is 11.8 Å². The van der Waals surface area contributed by atoms with Crippen LogP contribution in [0.15, 0.2) is 0 Å². The molecule has 2 N–H and O–H groups in total. The summed E-state index contributed by atoms with van der Waals surface area (Å²) in [6, 6.07) is 0. The molecule has 1 fully saturated rings. The fourth-order valence-electron chi connectivity index (χ4n) is 1.64. The van der Waals surface area contributed by atoms with Crippen LogP contribution >= 0.6 is 0 Å². The molecule has 2 nitrogen and oxygen atoms in total. The van der Waals surface area contributed by atoms with Crippen LogP contribution in [-0.4, -0.2) is 30.8 Å². The predicted molar refractivity (Wildman–Crippen MR) is 53.5 cm³/mol. The molecule has 1 rings (SSSR count). The zero-order chi connectivity index (χ0) is 9.52. The van der Waals surface area contributed by atoms with Gasteiger partial charge in [-0.3, -0.25) is 0 Å². The van der Waals surface area contributed by atoms with Crippen LogP contribution in [0.1, 0.15) is 32.6 Å². The average molecular weight is 182 g/mol. The SMILES string of the molecule is C[C@@H](O)CC#CC[NH+]1CCCCC1. The second-order valence-electron chi connectivity index (χ2n) is 3.89. The molecule has 1 aliphatic heterocycles. The number of rotatable bonds is 2. The minimum Gasteiger partial charge on any atom is -0.392 e. The van der Waals surface area contributed by atoms with Crippen LogP contribution in [0.25, 0.3) is 0 Å². The summed E-state index contributed by atoms with van der Waals surface area (Å²) in [5.74, 6) is 6.15. The highest BCUT2D eigenvalue weighted by Crippen LogP contribution is 1.93. The van der Waals surface area contributed by atoms with Crippen molar-refractivity contribution in [1.29, 1.82) is 0 Å². The van der Waals surface area contributed by atoms with Crippen molar-refractivity contribution in [1.82, 2.24) is 0 Å². The van der Waals surface area contributed by atoms with E-state index in [-0.39, 0.29) is 6.10 Å². The fraction of sp³-hybridized carbons (Fsp3) is 0.818. The van der Waals surface area contributed by atoms with Gasteiger partial charge in [0, 0.05) is 6.42 Å². The van der Waals surface area contributed by atoms with E-state index in [0.717, 1.165) is 6.54 Å². The van der Waals surface area contributed by atoms with Crippen LogP contribution in [0.4, 0.5) is 0 Å². The molecule has 74 valence electrons. The molecule has 0 amide bonds. The molecule has 0 unspecified atom stereocenters. The monoisotopic (exact) mass is 182 g/mol. The zero-order valence-electron chi connectivity index (χ0n) is 8.47. The molecule has 0 aromatic heterocycles. The van der Waals surface area contributed by atoms with Gasteiger partial charge < -0.3 is 10.0 Å². The first-order valence-corrected chi connectivity index (χ1v) is 5.26. The largest absolute Gasteiger partial charge is 0.392 e. The summed E-state index contributed by atoms with van der Waals surface area (Å²) in [5, 5.41) is 8.98. The number of quaternary nitrogens is 1. The molecular formula is C11H20NO+. The van der Waals surface area contributed by atoms with Crippen molar-refractivity contribution in [2.24, 2.45) is 0 Å². The molecular weight excluding hydrogens is 162 g/mol. The van der Waals surface area contributed by atoms with Gasteiger partial charge in [-0.25, -0.2) is 0 Å². The number of likely N-dealkylation sites (tertiary alicyclic amines) is 1. The predicted octanol–water partition coefficient (Wildman–Crippen LogP) is -0.171. The van der Waals surface area contributed by atoms with Gasteiger partial charge in [0.15, 0.2) is 0 Å². The van der Waals surface area contributed by atoms with Crippen molar-refractivity contribution in [2.45, 2.75) is 38.7 Å².